The molecular weight excluding hydrogens is 328 g/mol. The van der Waals surface area contributed by atoms with E-state index >= 15 is 0 Å². The molecule has 3 aromatic carbocycles. The van der Waals surface area contributed by atoms with Crippen molar-refractivity contribution in [1.29, 1.82) is 0 Å². The molecule has 0 saturated carbocycles. The summed E-state index contributed by atoms with van der Waals surface area (Å²) in [7, 11) is 0. The van der Waals surface area contributed by atoms with E-state index in [0.717, 1.165) is 22.0 Å². The van der Waals surface area contributed by atoms with Crippen LogP contribution in [0.5, 0.6) is 11.5 Å². The van der Waals surface area contributed by atoms with E-state index in [1.54, 1.807) is 0 Å². The normalized spacial score (nSPS) is 16.3. The Balaban J connectivity index is 1.48. The average molecular weight is 346 g/mol. The lowest BCUT2D eigenvalue weighted by Crippen LogP contribution is -2.42. The first-order valence-electron chi connectivity index (χ1n) is 8.42. The second-order valence-corrected chi connectivity index (χ2v) is 6.10. The van der Waals surface area contributed by atoms with Gasteiger partial charge in [0.05, 0.1) is 5.71 Å². The molecule has 1 aliphatic heterocycles. The number of carbonyl (C=O) groups is 1. The maximum absolute atomic E-state index is 12.4. The van der Waals surface area contributed by atoms with Gasteiger partial charge >= 0.3 is 0 Å². The first kappa shape index (κ1) is 16.1. The summed E-state index contributed by atoms with van der Waals surface area (Å²) in [5.41, 5.74) is 4.24. The number of amides is 1. The Labute approximate surface area is 151 Å². The number of hydrogen-bond donors (Lipinski definition) is 1. The highest BCUT2D eigenvalue weighted by atomic mass is 16.6. The zero-order valence-corrected chi connectivity index (χ0v) is 14.3. The minimum Gasteiger partial charge on any atom is -0.485 e. The molecule has 3 aromatic rings. The van der Waals surface area contributed by atoms with Crippen molar-refractivity contribution in [3.05, 3.63) is 72.3 Å². The quantitative estimate of drug-likeness (QED) is 0.583. The van der Waals surface area contributed by atoms with Gasteiger partial charge in [-0.1, -0.05) is 54.6 Å². The van der Waals surface area contributed by atoms with Crippen molar-refractivity contribution in [2.45, 2.75) is 13.0 Å². The van der Waals surface area contributed by atoms with E-state index in [4.69, 9.17) is 9.47 Å². The Morgan fingerprint density at radius 3 is 2.38 bits per heavy atom. The average Bonchev–Trinajstić information content (AvgIpc) is 2.70. The molecule has 0 fully saturated rings. The number of fused-ring (bicyclic) bond motifs is 2. The number of hydrazone groups is 1. The van der Waals surface area contributed by atoms with Gasteiger partial charge in [-0.3, -0.25) is 4.79 Å². The van der Waals surface area contributed by atoms with Crippen LogP contribution in [0, 0.1) is 0 Å². The number of nitrogens with zero attached hydrogens (tertiary/aromatic N) is 1. The predicted molar refractivity (Wildman–Crippen MR) is 101 cm³/mol. The lowest BCUT2D eigenvalue weighted by molar-refractivity contribution is -0.130. The summed E-state index contributed by atoms with van der Waals surface area (Å²) in [6, 6.07) is 21.4. The van der Waals surface area contributed by atoms with Gasteiger partial charge in [-0.05, 0) is 35.4 Å². The van der Waals surface area contributed by atoms with Gasteiger partial charge < -0.3 is 9.47 Å². The zero-order valence-electron chi connectivity index (χ0n) is 14.3. The summed E-state index contributed by atoms with van der Waals surface area (Å²) in [4.78, 5) is 12.4. The Morgan fingerprint density at radius 2 is 1.65 bits per heavy atom. The van der Waals surface area contributed by atoms with Crippen LogP contribution in [0.4, 0.5) is 0 Å². The number of carbonyl (C=O) groups excluding carboxylic acids is 1. The minimum absolute atomic E-state index is 0.150. The van der Waals surface area contributed by atoms with Crippen molar-refractivity contribution in [2.24, 2.45) is 5.10 Å². The molecule has 1 heterocycles. The smallest absolute Gasteiger partial charge is 0.284 e. The molecule has 5 nitrogen and oxygen atoms in total. The minimum atomic E-state index is -0.740. The van der Waals surface area contributed by atoms with Crippen molar-refractivity contribution in [2.75, 3.05) is 6.61 Å². The van der Waals surface area contributed by atoms with Crippen LogP contribution in [0.15, 0.2) is 71.8 Å². The van der Waals surface area contributed by atoms with E-state index in [1.807, 2.05) is 73.7 Å². The number of ether oxygens (including phenoxy) is 2. The molecule has 130 valence electrons. The van der Waals surface area contributed by atoms with Gasteiger partial charge in [-0.25, -0.2) is 5.43 Å². The fraction of sp³-hybridized carbons (Fsp3) is 0.143. The second-order valence-electron chi connectivity index (χ2n) is 6.10. The fourth-order valence-electron chi connectivity index (χ4n) is 2.84. The van der Waals surface area contributed by atoms with Gasteiger partial charge in [0.25, 0.3) is 5.91 Å². The molecule has 5 heteroatoms. The zero-order chi connectivity index (χ0) is 17.9. The number of hydrogen-bond acceptors (Lipinski definition) is 4. The molecular formula is C21H18N2O3. The van der Waals surface area contributed by atoms with E-state index < -0.39 is 6.10 Å². The van der Waals surface area contributed by atoms with Crippen molar-refractivity contribution in [3.63, 3.8) is 0 Å². The van der Waals surface area contributed by atoms with Crippen LogP contribution in [0.2, 0.25) is 0 Å². The van der Waals surface area contributed by atoms with Crippen LogP contribution >= 0.6 is 0 Å². The van der Waals surface area contributed by atoms with Crippen molar-refractivity contribution in [1.82, 2.24) is 5.43 Å². The second kappa shape index (κ2) is 6.88. The van der Waals surface area contributed by atoms with E-state index in [-0.39, 0.29) is 12.5 Å². The van der Waals surface area contributed by atoms with Crippen molar-refractivity contribution < 1.29 is 14.3 Å². The summed E-state index contributed by atoms with van der Waals surface area (Å²) in [5.74, 6) is 0.884. The number of benzene rings is 3. The van der Waals surface area contributed by atoms with E-state index in [1.165, 1.54) is 0 Å². The highest BCUT2D eigenvalue weighted by Gasteiger charge is 2.27. The summed E-state index contributed by atoms with van der Waals surface area (Å²) in [5, 5.41) is 6.26. The van der Waals surface area contributed by atoms with Crippen molar-refractivity contribution in [3.8, 4) is 11.5 Å². The molecule has 1 amide bonds. The first-order valence-corrected chi connectivity index (χ1v) is 8.42. The Hall–Kier alpha value is -3.34. The summed E-state index contributed by atoms with van der Waals surface area (Å²) in [6.07, 6.45) is -0.740. The van der Waals surface area contributed by atoms with Crippen molar-refractivity contribution >= 4 is 22.4 Å². The topological polar surface area (TPSA) is 59.9 Å². The third-order valence-electron chi connectivity index (χ3n) is 4.29. The molecule has 0 bridgehead atoms. The highest BCUT2D eigenvalue weighted by molar-refractivity contribution is 5.99. The Morgan fingerprint density at radius 1 is 1.00 bits per heavy atom. The maximum atomic E-state index is 12.4. The Kier molecular flexibility index (Phi) is 4.27. The number of rotatable bonds is 3. The van der Waals surface area contributed by atoms with Gasteiger partial charge in [0.1, 0.15) is 6.61 Å². The van der Waals surface area contributed by atoms with E-state index in [9.17, 15) is 4.79 Å². The molecule has 1 N–H and O–H groups in total. The summed E-state index contributed by atoms with van der Waals surface area (Å²) < 4.78 is 11.6. The Bertz CT molecular complexity index is 983. The van der Waals surface area contributed by atoms with E-state index in [2.05, 4.69) is 10.5 Å². The molecule has 0 aromatic heterocycles. The largest absolute Gasteiger partial charge is 0.485 e. The standard InChI is InChI=1S/C21H18N2O3/c1-14(15-7-3-2-4-8-15)22-23-21(24)20-13-25-18-11-16-9-5-6-10-17(16)12-19(18)26-20/h2-12,20H,13H2,1H3,(H,23,24)/b22-14+/t20-/m0/s1. The van der Waals surface area contributed by atoms with Crippen LogP contribution in [-0.2, 0) is 4.79 Å². The van der Waals surface area contributed by atoms with Gasteiger partial charge in [0.2, 0.25) is 6.10 Å². The van der Waals surface area contributed by atoms with Gasteiger partial charge in [-0.15, -0.1) is 0 Å². The predicted octanol–water partition coefficient (Wildman–Crippen LogP) is 3.52. The van der Waals surface area contributed by atoms with Gasteiger partial charge in [0, 0.05) is 0 Å². The molecule has 1 aliphatic rings. The molecule has 0 spiro atoms. The third-order valence-corrected chi connectivity index (χ3v) is 4.29. The van der Waals surface area contributed by atoms with Crippen LogP contribution in [-0.4, -0.2) is 24.3 Å². The van der Waals surface area contributed by atoms with Crippen LogP contribution in [0.1, 0.15) is 12.5 Å². The molecule has 26 heavy (non-hydrogen) atoms. The molecule has 0 radical (unpaired) electrons. The van der Waals surface area contributed by atoms with Gasteiger partial charge in [0.15, 0.2) is 11.5 Å². The SMILES string of the molecule is C/C(=N\NC(=O)[C@@H]1COc2cc3ccccc3cc2O1)c1ccccc1. The van der Waals surface area contributed by atoms with Gasteiger partial charge in [-0.2, -0.15) is 5.10 Å². The lowest BCUT2D eigenvalue weighted by atomic mass is 10.1. The van der Waals surface area contributed by atoms with E-state index in [0.29, 0.717) is 11.5 Å². The summed E-state index contributed by atoms with van der Waals surface area (Å²) >= 11 is 0. The monoisotopic (exact) mass is 346 g/mol. The number of nitrogens with one attached hydrogen (secondary N) is 1. The molecule has 0 unspecified atom stereocenters. The molecule has 0 saturated heterocycles. The fourth-order valence-corrected chi connectivity index (χ4v) is 2.84. The first-order chi connectivity index (χ1) is 12.7. The lowest BCUT2D eigenvalue weighted by Gasteiger charge is -2.25. The van der Waals surface area contributed by atoms with Crippen LogP contribution in [0.25, 0.3) is 10.8 Å². The third kappa shape index (κ3) is 3.24. The molecule has 0 aliphatic carbocycles. The molecule has 4 rings (SSSR count). The highest BCUT2D eigenvalue weighted by Crippen LogP contribution is 2.35. The van der Waals surface area contributed by atoms with Crippen LogP contribution in [0.3, 0.4) is 0 Å². The molecule has 1 atom stereocenters. The maximum Gasteiger partial charge on any atom is 0.284 e. The summed E-state index contributed by atoms with van der Waals surface area (Å²) in [6.45, 7) is 1.99. The van der Waals surface area contributed by atoms with Crippen LogP contribution < -0.4 is 14.9 Å².